The van der Waals surface area contributed by atoms with Gasteiger partial charge in [0.05, 0.1) is 22.3 Å². The van der Waals surface area contributed by atoms with Crippen LogP contribution in [-0.4, -0.2) is 31.2 Å². The number of benzene rings is 2. The second kappa shape index (κ2) is 6.14. The Bertz CT molecular complexity index is 1020. The minimum atomic E-state index is -0.622. The number of cyclic esters (lactones) is 4. The number of carbonyl (C=O) groups excluding carboxylic acids is 4. The van der Waals surface area contributed by atoms with Crippen LogP contribution in [0.15, 0.2) is 36.4 Å². The Hall–Kier alpha value is -3.22. The highest BCUT2D eigenvalue weighted by atomic mass is 16.6. The van der Waals surface area contributed by atoms with Crippen LogP contribution in [0.4, 0.5) is 0 Å². The Balaban J connectivity index is 1.66. The van der Waals surface area contributed by atoms with Crippen molar-refractivity contribution in [2.45, 2.75) is 38.3 Å². The molecular formula is C22H19BO6. The van der Waals surface area contributed by atoms with E-state index in [1.807, 2.05) is 12.1 Å². The number of fused-ring (bicyclic) bond motifs is 2. The molecular weight excluding hydrogens is 371 g/mol. The van der Waals surface area contributed by atoms with Crippen molar-refractivity contribution in [2.75, 3.05) is 0 Å². The molecule has 2 aromatic carbocycles. The number of esters is 4. The third-order valence-electron chi connectivity index (χ3n) is 5.74. The lowest BCUT2D eigenvalue weighted by Crippen LogP contribution is -2.40. The molecule has 2 heterocycles. The Labute approximate surface area is 168 Å². The molecule has 0 atom stereocenters. The third-order valence-corrected chi connectivity index (χ3v) is 5.74. The number of rotatable bonds is 4. The van der Waals surface area contributed by atoms with Crippen LogP contribution in [0.25, 0.3) is 0 Å². The van der Waals surface area contributed by atoms with Gasteiger partial charge in [0.25, 0.3) is 0 Å². The molecule has 2 aliphatic rings. The zero-order chi connectivity index (χ0) is 21.1. The Kier molecular flexibility index (Phi) is 4.05. The maximum absolute atomic E-state index is 11.9. The topological polar surface area (TPSA) is 86.7 Å². The van der Waals surface area contributed by atoms with Crippen molar-refractivity contribution in [3.63, 3.8) is 0 Å². The van der Waals surface area contributed by atoms with E-state index in [-0.39, 0.29) is 32.9 Å². The summed E-state index contributed by atoms with van der Waals surface area (Å²) in [6.07, 6.45) is 0. The molecule has 0 saturated carbocycles. The maximum Gasteiger partial charge on any atom is 0.346 e. The fourth-order valence-corrected chi connectivity index (χ4v) is 4.32. The first-order valence-corrected chi connectivity index (χ1v) is 9.32. The van der Waals surface area contributed by atoms with Crippen LogP contribution in [0.3, 0.4) is 0 Å². The second-order valence-corrected chi connectivity index (χ2v) is 8.82. The van der Waals surface area contributed by atoms with Gasteiger partial charge in [-0.25, -0.2) is 19.2 Å². The van der Waals surface area contributed by atoms with Crippen molar-refractivity contribution < 1.29 is 28.7 Å². The number of hydrogen-bond donors (Lipinski definition) is 0. The lowest BCUT2D eigenvalue weighted by atomic mass is 9.38. The molecule has 7 heteroatoms. The smallest absolute Gasteiger partial charge is 0.346 e. The predicted molar refractivity (Wildman–Crippen MR) is 106 cm³/mol. The molecule has 0 N–H and O–H groups in total. The molecule has 4 rings (SSSR count). The van der Waals surface area contributed by atoms with Crippen molar-refractivity contribution in [3.05, 3.63) is 69.8 Å². The molecule has 0 saturated heterocycles. The van der Waals surface area contributed by atoms with Crippen molar-refractivity contribution in [3.8, 4) is 0 Å². The zero-order valence-electron chi connectivity index (χ0n) is 16.6. The lowest BCUT2D eigenvalue weighted by molar-refractivity contribution is 0.0425. The summed E-state index contributed by atoms with van der Waals surface area (Å²) in [6.45, 7) is 8.24. The minimum absolute atomic E-state index is 0.288. The molecule has 0 spiro atoms. The maximum atomic E-state index is 11.9. The summed E-state index contributed by atoms with van der Waals surface area (Å²) in [7, 11) is 0.684. The molecule has 0 unspecified atom stereocenters. The van der Waals surface area contributed by atoms with Crippen LogP contribution < -0.4 is 0 Å². The summed E-state index contributed by atoms with van der Waals surface area (Å²) in [6, 6.07) is 10.4. The van der Waals surface area contributed by atoms with Crippen LogP contribution in [0.2, 0.25) is 0 Å². The van der Waals surface area contributed by atoms with Gasteiger partial charge in [0.2, 0.25) is 0 Å². The van der Waals surface area contributed by atoms with E-state index in [9.17, 15) is 19.2 Å². The van der Waals surface area contributed by atoms with Crippen molar-refractivity contribution >= 4 is 31.2 Å². The van der Waals surface area contributed by atoms with E-state index in [2.05, 4.69) is 37.2 Å². The normalized spacial score (nSPS) is 15.7. The van der Waals surface area contributed by atoms with Crippen LogP contribution in [0.1, 0.15) is 80.3 Å². The Morgan fingerprint density at radius 3 is 1.31 bits per heavy atom. The summed E-state index contributed by atoms with van der Waals surface area (Å²) < 4.78 is 9.36. The third kappa shape index (κ3) is 3.07. The fraction of sp³-hybridized carbons (Fsp3) is 0.273. The first kappa shape index (κ1) is 19.1. The number of hydrogen-bond acceptors (Lipinski definition) is 6. The average molecular weight is 390 g/mol. The largest absolute Gasteiger partial charge is 0.386 e. The summed E-state index contributed by atoms with van der Waals surface area (Å²) in [5, 5.41) is -0.695. The van der Waals surface area contributed by atoms with Gasteiger partial charge >= 0.3 is 23.9 Å². The lowest BCUT2D eigenvalue weighted by Gasteiger charge is -2.35. The Morgan fingerprint density at radius 2 is 0.931 bits per heavy atom. The first-order chi connectivity index (χ1) is 13.5. The average Bonchev–Trinajstić information content (AvgIpc) is 3.09. The summed E-state index contributed by atoms with van der Waals surface area (Å²) in [5.41, 5.74) is 2.97. The summed E-state index contributed by atoms with van der Waals surface area (Å²) in [5.74, 6) is -2.48. The van der Waals surface area contributed by atoms with E-state index in [0.717, 1.165) is 11.1 Å². The van der Waals surface area contributed by atoms with Gasteiger partial charge in [-0.15, -0.1) is 0 Å². The predicted octanol–water partition coefficient (Wildman–Crippen LogP) is 2.91. The molecule has 146 valence electrons. The van der Waals surface area contributed by atoms with Gasteiger partial charge in [0.1, 0.15) is 7.28 Å². The molecule has 6 nitrogen and oxygen atoms in total. The molecule has 0 aliphatic carbocycles. The van der Waals surface area contributed by atoms with Crippen LogP contribution in [0.5, 0.6) is 0 Å². The van der Waals surface area contributed by atoms with Crippen LogP contribution >= 0.6 is 0 Å². The van der Waals surface area contributed by atoms with E-state index < -0.39 is 23.9 Å². The van der Waals surface area contributed by atoms with Gasteiger partial charge in [-0.05, 0) is 46.0 Å². The highest BCUT2D eigenvalue weighted by molar-refractivity contribution is 6.44. The SMILES string of the molecule is CC(C)(BC(C)(C)c1ccc2c(c1)C(=O)OC2=O)c1ccc2c(c1)C(=O)OC2=O. The first-order valence-electron chi connectivity index (χ1n) is 9.32. The molecule has 0 fully saturated rings. The summed E-state index contributed by atoms with van der Waals surface area (Å²) >= 11 is 0. The molecule has 2 aliphatic heterocycles. The van der Waals surface area contributed by atoms with E-state index in [1.165, 1.54) is 0 Å². The van der Waals surface area contributed by atoms with Crippen molar-refractivity contribution in [1.29, 1.82) is 0 Å². The van der Waals surface area contributed by atoms with E-state index in [1.54, 1.807) is 24.3 Å². The van der Waals surface area contributed by atoms with E-state index >= 15 is 0 Å². The molecule has 2 aromatic rings. The molecule has 0 radical (unpaired) electrons. The van der Waals surface area contributed by atoms with E-state index in [4.69, 9.17) is 0 Å². The summed E-state index contributed by atoms with van der Waals surface area (Å²) in [4.78, 5) is 47.2. The van der Waals surface area contributed by atoms with Gasteiger partial charge < -0.3 is 9.47 Å². The number of ether oxygens (including phenoxy) is 2. The highest BCUT2D eigenvalue weighted by Gasteiger charge is 2.38. The fourth-order valence-electron chi connectivity index (χ4n) is 4.32. The van der Waals surface area contributed by atoms with Gasteiger partial charge in [-0.1, -0.05) is 39.8 Å². The number of carbonyl (C=O) groups is 4. The van der Waals surface area contributed by atoms with Crippen molar-refractivity contribution in [1.82, 2.24) is 0 Å². The van der Waals surface area contributed by atoms with Crippen LogP contribution in [-0.2, 0) is 20.1 Å². The van der Waals surface area contributed by atoms with Gasteiger partial charge in [-0.3, -0.25) is 0 Å². The quantitative estimate of drug-likeness (QED) is 0.453. The highest BCUT2D eigenvalue weighted by Crippen LogP contribution is 2.35. The molecule has 0 bridgehead atoms. The molecule has 0 amide bonds. The zero-order valence-corrected chi connectivity index (χ0v) is 16.6. The standard InChI is InChI=1S/C22H19BO6/c1-21(2,11-5-7-13-15(9-11)19(26)28-17(13)24)23-22(3,4)12-6-8-14-16(10-12)20(27)29-18(14)25/h5-10,23H,1-4H3. The molecule has 29 heavy (non-hydrogen) atoms. The van der Waals surface area contributed by atoms with Gasteiger partial charge in [0, 0.05) is 0 Å². The van der Waals surface area contributed by atoms with E-state index in [0.29, 0.717) is 7.28 Å². The monoisotopic (exact) mass is 390 g/mol. The minimum Gasteiger partial charge on any atom is -0.386 e. The van der Waals surface area contributed by atoms with Gasteiger partial charge in [0.15, 0.2) is 0 Å². The Morgan fingerprint density at radius 1 is 0.586 bits per heavy atom. The molecule has 0 aromatic heterocycles. The van der Waals surface area contributed by atoms with Crippen molar-refractivity contribution in [2.24, 2.45) is 0 Å². The van der Waals surface area contributed by atoms with Gasteiger partial charge in [-0.2, -0.15) is 0 Å². The van der Waals surface area contributed by atoms with Crippen LogP contribution in [0, 0.1) is 0 Å². The second-order valence-electron chi connectivity index (χ2n) is 8.82.